The Morgan fingerprint density at radius 2 is 1.94 bits per heavy atom. The average molecular weight is 483 g/mol. The summed E-state index contributed by atoms with van der Waals surface area (Å²) in [7, 11) is -3.33. The molecule has 1 N–H and O–H groups in total. The second-order valence-electron chi connectivity index (χ2n) is 9.61. The van der Waals surface area contributed by atoms with Crippen LogP contribution < -0.4 is 4.72 Å². The van der Waals surface area contributed by atoms with Gasteiger partial charge in [0.1, 0.15) is 6.10 Å². The molecule has 182 valence electrons. The highest BCUT2D eigenvalue weighted by atomic mass is 32.2. The van der Waals surface area contributed by atoms with Gasteiger partial charge in [-0.25, -0.2) is 8.42 Å². The van der Waals surface area contributed by atoms with Gasteiger partial charge in [-0.1, -0.05) is 44.5 Å². The predicted molar refractivity (Wildman–Crippen MR) is 135 cm³/mol. The van der Waals surface area contributed by atoms with E-state index in [9.17, 15) is 13.2 Å². The van der Waals surface area contributed by atoms with E-state index >= 15 is 0 Å². The fourth-order valence-electron chi connectivity index (χ4n) is 5.75. The smallest absolute Gasteiger partial charge is 0.309 e. The molecule has 6 unspecified atom stereocenters. The summed E-state index contributed by atoms with van der Waals surface area (Å²) in [5.41, 5.74) is 3.20. The summed E-state index contributed by atoms with van der Waals surface area (Å²) in [5.74, 6) is 1.48. The van der Waals surface area contributed by atoms with E-state index in [-0.39, 0.29) is 35.6 Å². The normalized spacial score (nSPS) is 29.1. The molecule has 6 atom stereocenters. The molecule has 4 rings (SSSR count). The monoisotopic (exact) mass is 482 g/mol. The van der Waals surface area contributed by atoms with Crippen LogP contribution in [0.3, 0.4) is 0 Å². The second kappa shape index (κ2) is 9.90. The second-order valence-corrected chi connectivity index (χ2v) is 11.6. The van der Waals surface area contributed by atoms with Gasteiger partial charge in [-0.3, -0.25) is 14.5 Å². The van der Waals surface area contributed by atoms with E-state index in [1.807, 2.05) is 43.5 Å². The summed E-state index contributed by atoms with van der Waals surface area (Å²) in [6.07, 6.45) is 8.04. The highest BCUT2D eigenvalue weighted by molar-refractivity contribution is 7.92. The van der Waals surface area contributed by atoms with Crippen molar-refractivity contribution in [3.05, 3.63) is 54.4 Å². The van der Waals surface area contributed by atoms with Crippen LogP contribution in [0.2, 0.25) is 0 Å². The Bertz CT molecular complexity index is 1160. The summed E-state index contributed by atoms with van der Waals surface area (Å²) in [4.78, 5) is 17.0. The van der Waals surface area contributed by atoms with E-state index in [0.717, 1.165) is 29.7 Å². The van der Waals surface area contributed by atoms with E-state index in [0.29, 0.717) is 17.5 Å². The number of allylic oxidation sites excluding steroid dienone is 1. The van der Waals surface area contributed by atoms with Crippen molar-refractivity contribution in [1.29, 1.82) is 0 Å². The Morgan fingerprint density at radius 1 is 1.15 bits per heavy atom. The maximum atomic E-state index is 12.4. The van der Waals surface area contributed by atoms with Crippen LogP contribution in [-0.2, 0) is 19.6 Å². The number of carbonyl (C=O) groups is 1. The summed E-state index contributed by atoms with van der Waals surface area (Å²) < 4.78 is 32.0. The van der Waals surface area contributed by atoms with Crippen molar-refractivity contribution in [3.63, 3.8) is 0 Å². The molecule has 0 amide bonds. The fourth-order valence-corrected chi connectivity index (χ4v) is 6.38. The molecular formula is C27H34N2O4S. The maximum Gasteiger partial charge on any atom is 0.309 e. The van der Waals surface area contributed by atoms with Crippen molar-refractivity contribution in [1.82, 2.24) is 4.98 Å². The molecule has 2 fully saturated rings. The summed E-state index contributed by atoms with van der Waals surface area (Å²) >= 11 is 0. The van der Waals surface area contributed by atoms with Crippen molar-refractivity contribution in [2.45, 2.75) is 46.6 Å². The van der Waals surface area contributed by atoms with Gasteiger partial charge in [0.15, 0.2) is 0 Å². The number of nitrogens with one attached hydrogen (secondary N) is 1. The number of anilines is 1. The van der Waals surface area contributed by atoms with E-state index in [1.165, 1.54) is 0 Å². The lowest BCUT2D eigenvalue weighted by Crippen LogP contribution is -2.40. The third-order valence-electron chi connectivity index (χ3n) is 7.50. The zero-order valence-corrected chi connectivity index (χ0v) is 21.1. The molecule has 2 aromatic rings. The van der Waals surface area contributed by atoms with Gasteiger partial charge in [0.05, 0.1) is 17.4 Å². The molecule has 1 aromatic carbocycles. The topological polar surface area (TPSA) is 85.4 Å². The number of pyridine rings is 1. The number of aromatic nitrogens is 1. The summed E-state index contributed by atoms with van der Waals surface area (Å²) in [6, 6.07) is 11.3. The molecule has 0 bridgehead atoms. The molecule has 0 spiro atoms. The van der Waals surface area contributed by atoms with Crippen LogP contribution in [0.15, 0.2) is 48.7 Å². The molecule has 1 saturated heterocycles. The number of esters is 1. The zero-order chi connectivity index (χ0) is 24.5. The minimum absolute atomic E-state index is 0.00445. The van der Waals surface area contributed by atoms with E-state index in [2.05, 4.69) is 35.7 Å². The number of hydrogen-bond acceptors (Lipinski definition) is 5. The van der Waals surface area contributed by atoms with Gasteiger partial charge < -0.3 is 4.74 Å². The van der Waals surface area contributed by atoms with Gasteiger partial charge in [-0.15, -0.1) is 0 Å². The highest BCUT2D eigenvalue weighted by Gasteiger charge is 2.52. The molecule has 2 heterocycles. The standard InChI is InChI=1S/C27H34N2O4S/c1-5-23-17(3)14-25-26(18(4)33-27(25)30)24(23)13-12-21-11-10-20(16-28-21)19-8-7-9-22(15-19)29-34(31,32)6-2/h7-13,15-18,23-26,29H,5-6,14H2,1-4H3/b13-12+. The fraction of sp³-hybridized carbons (Fsp3) is 0.481. The van der Waals surface area contributed by atoms with Gasteiger partial charge in [0, 0.05) is 23.4 Å². The molecule has 7 heteroatoms. The average Bonchev–Trinajstić information content (AvgIpc) is 3.10. The third-order valence-corrected chi connectivity index (χ3v) is 8.81. The quantitative estimate of drug-likeness (QED) is 0.535. The molecule has 1 aliphatic carbocycles. The predicted octanol–water partition coefficient (Wildman–Crippen LogP) is 5.38. The molecular weight excluding hydrogens is 448 g/mol. The number of cyclic esters (lactones) is 1. The minimum Gasteiger partial charge on any atom is -0.462 e. The number of fused-ring (bicyclic) bond motifs is 1. The number of benzene rings is 1. The molecule has 1 aromatic heterocycles. The van der Waals surface area contributed by atoms with Crippen molar-refractivity contribution in [2.75, 3.05) is 10.5 Å². The Labute approximate surface area is 202 Å². The maximum absolute atomic E-state index is 12.4. The van der Waals surface area contributed by atoms with Gasteiger partial charge in [0.25, 0.3) is 0 Å². The lowest BCUT2D eigenvalue weighted by atomic mass is 9.61. The Kier molecular flexibility index (Phi) is 7.12. The van der Waals surface area contributed by atoms with Crippen LogP contribution in [0.25, 0.3) is 17.2 Å². The lowest BCUT2D eigenvalue weighted by molar-refractivity contribution is -0.144. The van der Waals surface area contributed by atoms with Crippen LogP contribution in [0.5, 0.6) is 0 Å². The minimum atomic E-state index is -3.33. The zero-order valence-electron chi connectivity index (χ0n) is 20.3. The first kappa shape index (κ1) is 24.5. The number of carbonyl (C=O) groups excluding carboxylic acids is 1. The number of hydrogen-bond donors (Lipinski definition) is 1. The largest absolute Gasteiger partial charge is 0.462 e. The molecule has 34 heavy (non-hydrogen) atoms. The molecule has 6 nitrogen and oxygen atoms in total. The third kappa shape index (κ3) is 5.04. The van der Waals surface area contributed by atoms with Crippen molar-refractivity contribution < 1.29 is 17.9 Å². The first-order valence-corrected chi connectivity index (χ1v) is 13.8. The van der Waals surface area contributed by atoms with E-state index in [4.69, 9.17) is 4.74 Å². The highest BCUT2D eigenvalue weighted by Crippen LogP contribution is 2.50. The van der Waals surface area contributed by atoms with Crippen LogP contribution >= 0.6 is 0 Å². The van der Waals surface area contributed by atoms with Crippen molar-refractivity contribution >= 4 is 27.8 Å². The van der Waals surface area contributed by atoms with E-state index < -0.39 is 10.0 Å². The Morgan fingerprint density at radius 3 is 2.62 bits per heavy atom. The van der Waals surface area contributed by atoms with Crippen molar-refractivity contribution in [2.24, 2.45) is 29.6 Å². The van der Waals surface area contributed by atoms with Gasteiger partial charge in [0.2, 0.25) is 10.0 Å². The van der Waals surface area contributed by atoms with Crippen LogP contribution in [-0.4, -0.2) is 31.2 Å². The summed E-state index contributed by atoms with van der Waals surface area (Å²) in [5, 5.41) is 0. The molecule has 2 aliphatic rings. The SMILES string of the molecule is CCC1C(C)CC2C(=O)OC(C)C2C1/C=C/c1ccc(-c2cccc(NS(=O)(=O)CC)c2)cn1. The molecule has 1 saturated carbocycles. The van der Waals surface area contributed by atoms with Gasteiger partial charge in [-0.2, -0.15) is 0 Å². The van der Waals surface area contributed by atoms with Crippen molar-refractivity contribution in [3.8, 4) is 11.1 Å². The Balaban J connectivity index is 1.53. The molecule has 0 radical (unpaired) electrons. The number of nitrogens with zero attached hydrogens (tertiary/aromatic N) is 1. The Hall–Kier alpha value is -2.67. The summed E-state index contributed by atoms with van der Waals surface area (Å²) in [6.45, 7) is 8.11. The van der Waals surface area contributed by atoms with Crippen LogP contribution in [0, 0.1) is 29.6 Å². The van der Waals surface area contributed by atoms with Gasteiger partial charge in [-0.05, 0) is 67.9 Å². The number of sulfonamides is 1. The lowest BCUT2D eigenvalue weighted by Gasteiger charge is -2.41. The first-order chi connectivity index (χ1) is 16.2. The van der Waals surface area contributed by atoms with E-state index in [1.54, 1.807) is 13.0 Å². The van der Waals surface area contributed by atoms with Crippen LogP contribution in [0.4, 0.5) is 5.69 Å². The molecule has 1 aliphatic heterocycles. The first-order valence-electron chi connectivity index (χ1n) is 12.2. The number of rotatable bonds is 7. The van der Waals surface area contributed by atoms with Crippen LogP contribution in [0.1, 0.15) is 46.2 Å². The number of ether oxygens (including phenoxy) is 1. The van der Waals surface area contributed by atoms with Gasteiger partial charge >= 0.3 is 5.97 Å².